The van der Waals surface area contributed by atoms with Gasteiger partial charge in [0.1, 0.15) is 0 Å². The Kier molecular flexibility index (Phi) is 4.53. The van der Waals surface area contributed by atoms with Gasteiger partial charge in [-0.2, -0.15) is 9.36 Å². The van der Waals surface area contributed by atoms with Gasteiger partial charge in [-0.1, -0.05) is 58.5 Å². The molecule has 1 heterocycles. The van der Waals surface area contributed by atoms with Crippen LogP contribution in [-0.2, 0) is 3.79 Å². The van der Waals surface area contributed by atoms with Gasteiger partial charge in [0.05, 0.1) is 10.6 Å². The summed E-state index contributed by atoms with van der Waals surface area (Å²) in [5.41, 5.74) is 0.329. The number of hydrogen-bond acceptors (Lipinski definition) is 4. The van der Waals surface area contributed by atoms with Gasteiger partial charge in [-0.25, -0.2) is 0 Å². The lowest BCUT2D eigenvalue weighted by molar-refractivity contribution is 0.102. The van der Waals surface area contributed by atoms with Crippen molar-refractivity contribution in [3.63, 3.8) is 0 Å². The molecule has 0 unspecified atom stereocenters. The number of alkyl halides is 3. The number of anilines is 1. The van der Waals surface area contributed by atoms with Crippen LogP contribution in [0, 0.1) is 0 Å². The van der Waals surface area contributed by atoms with Crippen LogP contribution in [0.25, 0.3) is 0 Å². The average molecular weight is 357 g/mol. The maximum Gasteiger partial charge on any atom is 0.258 e. The van der Waals surface area contributed by atoms with E-state index in [1.807, 2.05) is 0 Å². The van der Waals surface area contributed by atoms with Crippen molar-refractivity contribution in [2.75, 3.05) is 5.32 Å². The summed E-state index contributed by atoms with van der Waals surface area (Å²) in [5, 5.41) is 3.10. The first kappa shape index (κ1) is 14.8. The zero-order valence-electron chi connectivity index (χ0n) is 9.03. The Morgan fingerprint density at radius 3 is 2.53 bits per heavy atom. The highest BCUT2D eigenvalue weighted by atomic mass is 35.6. The number of amides is 1. The zero-order valence-corrected chi connectivity index (χ0v) is 12.9. The second-order valence-corrected chi connectivity index (χ2v) is 6.80. The van der Waals surface area contributed by atoms with Crippen molar-refractivity contribution in [2.24, 2.45) is 0 Å². The number of aromatic nitrogens is 2. The molecule has 0 aliphatic heterocycles. The van der Waals surface area contributed by atoms with Gasteiger partial charge in [0.15, 0.2) is 5.82 Å². The third-order valence-electron chi connectivity index (χ3n) is 2.02. The number of nitrogens with one attached hydrogen (secondary N) is 1. The Morgan fingerprint density at radius 2 is 1.95 bits per heavy atom. The summed E-state index contributed by atoms with van der Waals surface area (Å²) in [5.74, 6) is -0.394. The Morgan fingerprint density at radius 1 is 1.26 bits per heavy atom. The van der Waals surface area contributed by atoms with Crippen molar-refractivity contribution in [3.05, 3.63) is 40.7 Å². The number of nitrogens with zero attached hydrogens (tertiary/aromatic N) is 2. The Labute approximate surface area is 132 Å². The maximum absolute atomic E-state index is 11.9. The number of rotatable bonds is 2. The molecule has 0 radical (unpaired) electrons. The minimum atomic E-state index is -1.72. The minimum absolute atomic E-state index is 0.0111. The molecular weight excluding hydrogens is 352 g/mol. The number of halogens is 4. The molecule has 0 spiro atoms. The third-order valence-corrected chi connectivity index (χ3v) is 3.49. The molecule has 2 rings (SSSR count). The highest BCUT2D eigenvalue weighted by molar-refractivity contribution is 7.10. The SMILES string of the molecule is O=C(Nc1nc(C(Cl)(Cl)Cl)ns1)c1ccccc1Cl. The smallest absolute Gasteiger partial charge is 0.258 e. The van der Waals surface area contributed by atoms with Crippen LogP contribution in [0.2, 0.25) is 5.02 Å². The Bertz CT molecular complexity index is 611. The van der Waals surface area contributed by atoms with Gasteiger partial charge in [0.25, 0.3) is 9.70 Å². The van der Waals surface area contributed by atoms with E-state index >= 15 is 0 Å². The minimum Gasteiger partial charge on any atom is -0.297 e. The lowest BCUT2D eigenvalue weighted by atomic mass is 10.2. The second kappa shape index (κ2) is 5.81. The molecular formula is C10H5Cl4N3OS. The Balaban J connectivity index is 2.16. The normalized spacial score (nSPS) is 11.4. The van der Waals surface area contributed by atoms with Crippen LogP contribution in [0.4, 0.5) is 5.13 Å². The molecule has 9 heteroatoms. The van der Waals surface area contributed by atoms with E-state index in [1.165, 1.54) is 0 Å². The van der Waals surface area contributed by atoms with Crippen LogP contribution in [0.5, 0.6) is 0 Å². The number of carbonyl (C=O) groups is 1. The lowest BCUT2D eigenvalue weighted by Crippen LogP contribution is -2.12. The molecule has 0 saturated carbocycles. The predicted molar refractivity (Wildman–Crippen MR) is 78.6 cm³/mol. The summed E-state index contributed by atoms with van der Waals surface area (Å²) < 4.78 is 2.13. The molecule has 19 heavy (non-hydrogen) atoms. The van der Waals surface area contributed by atoms with Gasteiger partial charge in [0, 0.05) is 11.5 Å². The first-order valence-electron chi connectivity index (χ1n) is 4.84. The molecule has 1 amide bonds. The maximum atomic E-state index is 11.9. The van der Waals surface area contributed by atoms with Crippen molar-refractivity contribution in [3.8, 4) is 0 Å². The van der Waals surface area contributed by atoms with Crippen LogP contribution in [-0.4, -0.2) is 15.3 Å². The van der Waals surface area contributed by atoms with Crippen LogP contribution in [0.15, 0.2) is 24.3 Å². The van der Waals surface area contributed by atoms with Crippen LogP contribution < -0.4 is 5.32 Å². The average Bonchev–Trinajstić information content (AvgIpc) is 2.77. The molecule has 1 aromatic carbocycles. The van der Waals surface area contributed by atoms with Gasteiger partial charge in [-0.15, -0.1) is 0 Å². The molecule has 0 saturated heterocycles. The van der Waals surface area contributed by atoms with E-state index in [4.69, 9.17) is 46.4 Å². The van der Waals surface area contributed by atoms with Crippen LogP contribution in [0.1, 0.15) is 16.2 Å². The van der Waals surface area contributed by atoms with E-state index in [1.54, 1.807) is 24.3 Å². The fourth-order valence-corrected chi connectivity index (χ4v) is 2.44. The molecule has 0 fully saturated rings. The van der Waals surface area contributed by atoms with E-state index in [0.29, 0.717) is 10.6 Å². The summed E-state index contributed by atoms with van der Waals surface area (Å²) >= 11 is 23.7. The van der Waals surface area contributed by atoms with E-state index in [0.717, 1.165) is 11.5 Å². The van der Waals surface area contributed by atoms with E-state index in [9.17, 15) is 4.79 Å². The summed E-state index contributed by atoms with van der Waals surface area (Å²) in [6.45, 7) is 0. The van der Waals surface area contributed by atoms with Crippen molar-refractivity contribution in [1.29, 1.82) is 0 Å². The fraction of sp³-hybridized carbons (Fsp3) is 0.100. The molecule has 4 nitrogen and oxygen atoms in total. The van der Waals surface area contributed by atoms with Gasteiger partial charge in [-0.3, -0.25) is 10.1 Å². The van der Waals surface area contributed by atoms with Crippen molar-refractivity contribution in [1.82, 2.24) is 9.36 Å². The van der Waals surface area contributed by atoms with Crippen molar-refractivity contribution < 1.29 is 4.79 Å². The Hall–Kier alpha value is -0.590. The molecule has 2 aromatic rings. The molecule has 0 aliphatic rings. The van der Waals surface area contributed by atoms with Gasteiger partial charge in [0.2, 0.25) is 5.13 Å². The molecule has 1 aromatic heterocycles. The summed E-state index contributed by atoms with van der Waals surface area (Å²) in [6.07, 6.45) is 0. The zero-order chi connectivity index (χ0) is 14.0. The number of hydrogen-bond donors (Lipinski definition) is 1. The topological polar surface area (TPSA) is 54.9 Å². The first-order chi connectivity index (χ1) is 8.88. The summed E-state index contributed by atoms with van der Waals surface area (Å²) in [7, 11) is 0. The van der Waals surface area contributed by atoms with E-state index in [-0.39, 0.29) is 11.0 Å². The molecule has 0 atom stereocenters. The standard InChI is InChI=1S/C10H5Cl4N3OS/c11-6-4-2-1-3-5(6)7(18)15-9-16-8(17-19-9)10(12,13)14/h1-4H,(H,15,16,17,18). The largest absolute Gasteiger partial charge is 0.297 e. The fourth-order valence-electron chi connectivity index (χ4n) is 1.20. The van der Waals surface area contributed by atoms with Crippen molar-refractivity contribution in [2.45, 2.75) is 3.79 Å². The predicted octanol–water partition coefficient (Wildman–Crippen LogP) is 4.27. The van der Waals surface area contributed by atoms with Crippen LogP contribution in [0.3, 0.4) is 0 Å². The number of carbonyl (C=O) groups excluding carboxylic acids is 1. The summed E-state index contributed by atoms with van der Waals surface area (Å²) in [6, 6.07) is 6.64. The summed E-state index contributed by atoms with van der Waals surface area (Å²) in [4.78, 5) is 15.9. The van der Waals surface area contributed by atoms with Gasteiger partial charge >= 0.3 is 0 Å². The number of benzene rings is 1. The van der Waals surface area contributed by atoms with Crippen LogP contribution >= 0.6 is 57.9 Å². The molecule has 100 valence electrons. The lowest BCUT2D eigenvalue weighted by Gasteiger charge is -2.04. The second-order valence-electron chi connectivity index (χ2n) is 3.35. The first-order valence-corrected chi connectivity index (χ1v) is 7.13. The third kappa shape index (κ3) is 3.70. The van der Waals surface area contributed by atoms with Gasteiger partial charge < -0.3 is 0 Å². The van der Waals surface area contributed by atoms with E-state index < -0.39 is 9.70 Å². The monoisotopic (exact) mass is 355 g/mol. The van der Waals surface area contributed by atoms with Gasteiger partial charge in [-0.05, 0) is 12.1 Å². The quantitative estimate of drug-likeness (QED) is 0.817. The molecule has 1 N–H and O–H groups in total. The highest BCUT2D eigenvalue weighted by Gasteiger charge is 2.28. The molecule has 0 bridgehead atoms. The molecule has 0 aliphatic carbocycles. The highest BCUT2D eigenvalue weighted by Crippen LogP contribution is 2.37. The van der Waals surface area contributed by atoms with E-state index in [2.05, 4.69) is 14.7 Å². The van der Waals surface area contributed by atoms with Crippen molar-refractivity contribution >= 4 is 69.0 Å².